The lowest BCUT2D eigenvalue weighted by atomic mass is 10.0. The quantitative estimate of drug-likeness (QED) is 0.547. The second-order valence-corrected chi connectivity index (χ2v) is 7.08. The average molecular weight is 340 g/mol. The van der Waals surface area contributed by atoms with Gasteiger partial charge < -0.3 is 5.32 Å². The third kappa shape index (κ3) is 3.62. The van der Waals surface area contributed by atoms with Crippen LogP contribution in [0.5, 0.6) is 0 Å². The maximum atomic E-state index is 12.2. The van der Waals surface area contributed by atoms with E-state index in [0.717, 1.165) is 21.9 Å². The molecule has 2 aromatic carbocycles. The van der Waals surface area contributed by atoms with Gasteiger partial charge in [0.15, 0.2) is 11.0 Å². The first-order valence-electron chi connectivity index (χ1n) is 8.04. The number of aryl methyl sites for hydroxylation is 1. The summed E-state index contributed by atoms with van der Waals surface area (Å²) in [6.45, 7) is 4.31. The molecule has 0 saturated heterocycles. The van der Waals surface area contributed by atoms with E-state index in [1.54, 1.807) is 0 Å². The fourth-order valence-corrected chi connectivity index (χ4v) is 3.41. The van der Waals surface area contributed by atoms with Crippen LogP contribution in [-0.2, 0) is 11.8 Å². The molecule has 3 aromatic rings. The molecule has 0 aliphatic heterocycles. The first-order valence-corrected chi connectivity index (χ1v) is 9.02. The molecule has 0 bridgehead atoms. The molecule has 0 aliphatic rings. The topological polar surface area (TPSA) is 48.8 Å². The van der Waals surface area contributed by atoms with E-state index in [9.17, 15) is 4.79 Å². The molecule has 4 nitrogen and oxygen atoms in total. The highest BCUT2D eigenvalue weighted by Crippen LogP contribution is 2.19. The lowest BCUT2D eigenvalue weighted by molar-refractivity contribution is -0.683. The number of para-hydroxylation sites is 2. The highest BCUT2D eigenvalue weighted by atomic mass is 32.2. The number of rotatable bonds is 5. The summed E-state index contributed by atoms with van der Waals surface area (Å²) >= 11 is 1.50. The number of anilines is 1. The molecule has 1 aromatic heterocycles. The number of imidazole rings is 1. The molecular weight excluding hydrogens is 318 g/mol. The number of nitrogens with one attached hydrogen (secondary N) is 2. The summed E-state index contributed by atoms with van der Waals surface area (Å²) in [6.07, 6.45) is 0. The molecular formula is C19H22N3OS+. The number of benzene rings is 2. The molecule has 0 fully saturated rings. The zero-order chi connectivity index (χ0) is 17.1. The highest BCUT2D eigenvalue weighted by Gasteiger charge is 2.16. The first-order chi connectivity index (χ1) is 11.5. The highest BCUT2D eigenvalue weighted by molar-refractivity contribution is 7.99. The number of amides is 1. The Labute approximate surface area is 146 Å². The molecule has 0 saturated carbocycles. The third-order valence-electron chi connectivity index (χ3n) is 4.01. The fraction of sp³-hybridized carbons (Fsp3) is 0.263. The number of thioether (sulfide) groups is 1. The Balaban J connectivity index is 1.61. The maximum Gasteiger partial charge on any atom is 0.317 e. The summed E-state index contributed by atoms with van der Waals surface area (Å²) in [5.41, 5.74) is 4.32. The second-order valence-electron chi connectivity index (χ2n) is 6.12. The SMILES string of the molecule is CC(C)c1ccc(NC(=O)CSc2[nH]c3ccccc3[n+]2C)cc1. The van der Waals surface area contributed by atoms with Crippen LogP contribution in [0.1, 0.15) is 25.3 Å². The average Bonchev–Trinajstić information content (AvgIpc) is 2.90. The monoisotopic (exact) mass is 340 g/mol. The number of hydrogen-bond donors (Lipinski definition) is 2. The van der Waals surface area contributed by atoms with Crippen molar-refractivity contribution >= 4 is 34.4 Å². The van der Waals surface area contributed by atoms with Gasteiger partial charge in [-0.2, -0.15) is 0 Å². The van der Waals surface area contributed by atoms with Crippen LogP contribution in [0.3, 0.4) is 0 Å². The summed E-state index contributed by atoms with van der Waals surface area (Å²) in [6, 6.07) is 16.2. The van der Waals surface area contributed by atoms with E-state index in [2.05, 4.69) is 46.9 Å². The van der Waals surface area contributed by atoms with E-state index in [1.165, 1.54) is 17.3 Å². The Hall–Kier alpha value is -2.27. The molecule has 1 amide bonds. The Kier molecular flexibility index (Phi) is 4.90. The minimum Gasteiger partial charge on any atom is -0.325 e. The number of aromatic nitrogens is 2. The van der Waals surface area contributed by atoms with Crippen LogP contribution in [0.15, 0.2) is 53.7 Å². The predicted octanol–water partition coefficient (Wildman–Crippen LogP) is 3.85. The second kappa shape index (κ2) is 7.09. The minimum atomic E-state index is -0.00375. The van der Waals surface area contributed by atoms with Gasteiger partial charge >= 0.3 is 5.16 Å². The van der Waals surface area contributed by atoms with Crippen molar-refractivity contribution in [3.05, 3.63) is 54.1 Å². The Bertz CT molecular complexity index is 853. The van der Waals surface area contributed by atoms with E-state index in [-0.39, 0.29) is 5.91 Å². The van der Waals surface area contributed by atoms with E-state index < -0.39 is 0 Å². The number of carbonyl (C=O) groups is 1. The molecule has 0 aliphatic carbocycles. The molecule has 1 heterocycles. The molecule has 124 valence electrons. The number of hydrogen-bond acceptors (Lipinski definition) is 2. The third-order valence-corrected chi connectivity index (χ3v) is 5.07. The van der Waals surface area contributed by atoms with Crippen LogP contribution in [0, 0.1) is 0 Å². The van der Waals surface area contributed by atoms with Gasteiger partial charge in [-0.05, 0) is 47.5 Å². The van der Waals surface area contributed by atoms with Crippen LogP contribution in [0.2, 0.25) is 0 Å². The molecule has 0 unspecified atom stereocenters. The van der Waals surface area contributed by atoms with Gasteiger partial charge in [0.2, 0.25) is 5.91 Å². The predicted molar refractivity (Wildman–Crippen MR) is 99.4 cm³/mol. The van der Waals surface area contributed by atoms with E-state index in [0.29, 0.717) is 11.7 Å². The van der Waals surface area contributed by atoms with Gasteiger partial charge in [0, 0.05) is 5.69 Å². The Morgan fingerprint density at radius 3 is 2.54 bits per heavy atom. The van der Waals surface area contributed by atoms with Crippen molar-refractivity contribution in [1.29, 1.82) is 0 Å². The summed E-state index contributed by atoms with van der Waals surface area (Å²) in [5.74, 6) is 0.857. The number of H-pyrrole nitrogens is 1. The van der Waals surface area contributed by atoms with Crippen LogP contribution in [-0.4, -0.2) is 16.6 Å². The molecule has 5 heteroatoms. The van der Waals surface area contributed by atoms with Crippen LogP contribution in [0.4, 0.5) is 5.69 Å². The van der Waals surface area contributed by atoms with E-state index >= 15 is 0 Å². The zero-order valence-electron chi connectivity index (χ0n) is 14.2. The molecule has 0 radical (unpaired) electrons. The van der Waals surface area contributed by atoms with E-state index in [4.69, 9.17) is 0 Å². The van der Waals surface area contributed by atoms with Crippen LogP contribution < -0.4 is 9.88 Å². The Morgan fingerprint density at radius 2 is 1.88 bits per heavy atom. The van der Waals surface area contributed by atoms with Crippen molar-refractivity contribution in [2.24, 2.45) is 7.05 Å². The first kappa shape index (κ1) is 16.6. The van der Waals surface area contributed by atoms with Gasteiger partial charge in [0.25, 0.3) is 0 Å². The largest absolute Gasteiger partial charge is 0.325 e. The number of carbonyl (C=O) groups excluding carboxylic acids is 1. The lowest BCUT2D eigenvalue weighted by Crippen LogP contribution is -2.29. The number of fused-ring (bicyclic) bond motifs is 1. The number of aromatic amines is 1. The van der Waals surface area contributed by atoms with Crippen molar-refractivity contribution in [3.63, 3.8) is 0 Å². The number of nitrogens with zero attached hydrogens (tertiary/aromatic N) is 1. The molecule has 3 rings (SSSR count). The van der Waals surface area contributed by atoms with Crippen molar-refractivity contribution in [2.75, 3.05) is 11.1 Å². The van der Waals surface area contributed by atoms with Gasteiger partial charge in [-0.15, -0.1) is 0 Å². The van der Waals surface area contributed by atoms with Gasteiger partial charge in [0.1, 0.15) is 0 Å². The lowest BCUT2D eigenvalue weighted by Gasteiger charge is -2.07. The smallest absolute Gasteiger partial charge is 0.317 e. The van der Waals surface area contributed by atoms with Crippen LogP contribution >= 0.6 is 11.8 Å². The van der Waals surface area contributed by atoms with Gasteiger partial charge in [-0.25, -0.2) is 9.55 Å². The summed E-state index contributed by atoms with van der Waals surface area (Å²) in [4.78, 5) is 15.5. The van der Waals surface area contributed by atoms with Crippen molar-refractivity contribution < 1.29 is 9.36 Å². The van der Waals surface area contributed by atoms with Crippen LogP contribution in [0.25, 0.3) is 11.0 Å². The Morgan fingerprint density at radius 1 is 1.17 bits per heavy atom. The molecule has 0 atom stereocenters. The summed E-state index contributed by atoms with van der Waals surface area (Å²) in [7, 11) is 2.00. The molecule has 2 N–H and O–H groups in total. The minimum absolute atomic E-state index is 0.00375. The maximum absolute atomic E-state index is 12.2. The van der Waals surface area contributed by atoms with Gasteiger partial charge in [0.05, 0.1) is 12.8 Å². The summed E-state index contributed by atoms with van der Waals surface area (Å²) < 4.78 is 2.07. The standard InChI is InChI=1S/C19H21N3OS/c1-13(2)14-8-10-15(11-9-14)20-18(23)12-24-19-21-16-6-4-5-7-17(16)22(19)3/h4-11,13H,12H2,1-3H3,(H,20,23)/p+1. The van der Waals surface area contributed by atoms with Crippen molar-refractivity contribution in [1.82, 2.24) is 4.98 Å². The van der Waals surface area contributed by atoms with E-state index in [1.807, 2.05) is 37.4 Å². The van der Waals surface area contributed by atoms with Gasteiger partial charge in [-0.1, -0.05) is 38.1 Å². The summed E-state index contributed by atoms with van der Waals surface area (Å²) in [5, 5.41) is 3.92. The molecule has 0 spiro atoms. The van der Waals surface area contributed by atoms with Crippen molar-refractivity contribution in [3.8, 4) is 0 Å². The fourth-order valence-electron chi connectivity index (χ4n) is 2.60. The zero-order valence-corrected chi connectivity index (χ0v) is 15.0. The van der Waals surface area contributed by atoms with Crippen molar-refractivity contribution in [2.45, 2.75) is 24.9 Å². The molecule has 24 heavy (non-hydrogen) atoms. The van der Waals surface area contributed by atoms with Gasteiger partial charge in [-0.3, -0.25) is 4.79 Å². The normalized spacial score (nSPS) is 11.2.